The Morgan fingerprint density at radius 2 is 1.70 bits per heavy atom. The van der Waals surface area contributed by atoms with Gasteiger partial charge in [0.15, 0.2) is 27.9 Å². The SMILES string of the molecule is CO/N=C(/C(=O)N[C@@H]1C(=O)N2C(C(=O)OC(c3ccccc3)c3ccccc3)=C(CSc3nnc(-c4ccc(OC)cc4)n3C)CSC12)c1csc(N)n1. The molecule has 1 saturated heterocycles. The molecule has 5 aromatic rings. The standard InChI is InChI=1S/C37H34N8O6S3/c1-44-31(23-14-16-25(49-2)17-15-23)41-42-37(44)54-19-24-18-52-34-28(40-32(46)27(43-50-3)26-20-53-36(38)39-26)33(47)45(34)29(24)35(48)51-30(21-10-6-4-7-11-21)22-12-8-5-9-13-22/h4-17,20,28,30,34H,18-19H2,1-3H3,(H2,38,39)(H,40,46)/b43-27+/t28-,34?/m1/s1. The molecule has 1 fully saturated rings. The van der Waals surface area contributed by atoms with Crippen LogP contribution in [0.15, 0.2) is 112 Å². The number of aromatic nitrogens is 4. The van der Waals surface area contributed by atoms with Crippen molar-refractivity contribution in [3.05, 3.63) is 118 Å². The number of hydrogen-bond acceptors (Lipinski definition) is 14. The molecule has 14 nitrogen and oxygen atoms in total. The van der Waals surface area contributed by atoms with Crippen LogP contribution in [-0.4, -0.2) is 85.3 Å². The lowest BCUT2D eigenvalue weighted by Gasteiger charge is -2.49. The smallest absolute Gasteiger partial charge is 0.356 e. The van der Waals surface area contributed by atoms with Crippen LogP contribution in [0.4, 0.5) is 5.13 Å². The van der Waals surface area contributed by atoms with Gasteiger partial charge in [0.25, 0.3) is 11.8 Å². The summed E-state index contributed by atoms with van der Waals surface area (Å²) in [6, 6.07) is 25.4. The molecule has 0 aliphatic carbocycles. The van der Waals surface area contributed by atoms with Crippen molar-refractivity contribution in [1.82, 2.24) is 30.0 Å². The number of thioether (sulfide) groups is 2. The number of thiazole rings is 1. The minimum Gasteiger partial charge on any atom is -0.497 e. The van der Waals surface area contributed by atoms with Crippen molar-refractivity contribution in [2.75, 3.05) is 31.5 Å². The normalized spacial score (nSPS) is 16.9. The van der Waals surface area contributed by atoms with Crippen molar-refractivity contribution in [3.63, 3.8) is 0 Å². The van der Waals surface area contributed by atoms with E-state index in [1.54, 1.807) is 12.5 Å². The average Bonchev–Trinajstić information content (AvgIpc) is 3.81. The Labute approximate surface area is 322 Å². The first-order chi connectivity index (χ1) is 26.3. The van der Waals surface area contributed by atoms with Gasteiger partial charge in [0.2, 0.25) is 0 Å². The second-order valence-electron chi connectivity index (χ2n) is 12.0. The highest BCUT2D eigenvalue weighted by Gasteiger charge is 2.55. The van der Waals surface area contributed by atoms with Crippen LogP contribution in [0.25, 0.3) is 11.4 Å². The minimum absolute atomic E-state index is 0.129. The van der Waals surface area contributed by atoms with E-state index in [0.29, 0.717) is 28.1 Å². The van der Waals surface area contributed by atoms with E-state index in [2.05, 4.69) is 25.7 Å². The summed E-state index contributed by atoms with van der Waals surface area (Å²) in [4.78, 5) is 52.3. The van der Waals surface area contributed by atoms with Crippen LogP contribution >= 0.6 is 34.9 Å². The predicted molar refractivity (Wildman–Crippen MR) is 207 cm³/mol. The molecule has 1 unspecified atom stereocenters. The van der Waals surface area contributed by atoms with Gasteiger partial charge in [0.1, 0.15) is 35.7 Å². The first-order valence-corrected chi connectivity index (χ1v) is 19.5. The number of nitrogens with zero attached hydrogens (tertiary/aromatic N) is 6. The molecular weight excluding hydrogens is 749 g/mol. The summed E-state index contributed by atoms with van der Waals surface area (Å²) < 4.78 is 13.5. The molecule has 3 N–H and O–H groups in total. The summed E-state index contributed by atoms with van der Waals surface area (Å²) >= 11 is 3.96. The number of amides is 2. The first-order valence-electron chi connectivity index (χ1n) is 16.5. The Bertz CT molecular complexity index is 2190. The Hall–Kier alpha value is -5.65. The van der Waals surface area contributed by atoms with Crippen LogP contribution in [0.1, 0.15) is 22.9 Å². The maximum atomic E-state index is 14.5. The van der Waals surface area contributed by atoms with E-state index in [1.807, 2.05) is 96.5 Å². The van der Waals surface area contributed by atoms with Crippen molar-refractivity contribution in [2.24, 2.45) is 12.2 Å². The quantitative estimate of drug-likeness (QED) is 0.0557. The number of fused-ring (bicyclic) bond motifs is 1. The molecule has 0 saturated carbocycles. The summed E-state index contributed by atoms with van der Waals surface area (Å²) in [6.45, 7) is 0. The van der Waals surface area contributed by atoms with E-state index in [9.17, 15) is 14.4 Å². The van der Waals surface area contributed by atoms with Gasteiger partial charge >= 0.3 is 5.97 Å². The molecule has 17 heteroatoms. The molecule has 3 aromatic carbocycles. The van der Waals surface area contributed by atoms with E-state index in [4.69, 9.17) is 20.0 Å². The Kier molecular flexibility index (Phi) is 11.0. The number of anilines is 1. The fraction of sp³-hybridized carbons (Fsp3) is 0.216. The molecule has 54 heavy (non-hydrogen) atoms. The number of nitrogens with two attached hydrogens (primary N) is 1. The van der Waals surface area contributed by atoms with Crippen molar-refractivity contribution in [2.45, 2.75) is 22.7 Å². The van der Waals surface area contributed by atoms with Gasteiger partial charge in [-0.05, 0) is 41.0 Å². The number of ether oxygens (including phenoxy) is 2. The van der Waals surface area contributed by atoms with Crippen LogP contribution in [0.5, 0.6) is 5.75 Å². The zero-order chi connectivity index (χ0) is 37.8. The summed E-state index contributed by atoms with van der Waals surface area (Å²) in [7, 11) is 4.78. The van der Waals surface area contributed by atoms with E-state index >= 15 is 0 Å². The lowest BCUT2D eigenvalue weighted by molar-refractivity contribution is -0.154. The number of methoxy groups -OCH3 is 1. The Morgan fingerprint density at radius 1 is 1.02 bits per heavy atom. The van der Waals surface area contributed by atoms with Gasteiger partial charge in [0.05, 0.1) is 7.11 Å². The fourth-order valence-corrected chi connectivity index (χ4v) is 8.96. The highest BCUT2D eigenvalue weighted by atomic mass is 32.2. The van der Waals surface area contributed by atoms with Gasteiger partial charge in [-0.15, -0.1) is 33.3 Å². The van der Waals surface area contributed by atoms with Gasteiger partial charge in [0, 0.05) is 29.5 Å². The topological polar surface area (TPSA) is 176 Å². The molecule has 0 radical (unpaired) electrons. The summed E-state index contributed by atoms with van der Waals surface area (Å²) in [6.07, 6.45) is -0.745. The Morgan fingerprint density at radius 3 is 2.31 bits per heavy atom. The maximum absolute atomic E-state index is 14.5. The molecule has 2 amide bonds. The number of carbonyl (C=O) groups excluding carboxylic acids is 3. The molecule has 2 aromatic heterocycles. The monoisotopic (exact) mass is 782 g/mol. The third kappa shape index (κ3) is 7.42. The van der Waals surface area contributed by atoms with E-state index in [-0.39, 0.29) is 22.2 Å². The molecular formula is C37H34N8O6S3. The third-order valence-electron chi connectivity index (χ3n) is 8.68. The molecule has 2 atom stereocenters. The highest BCUT2D eigenvalue weighted by molar-refractivity contribution is 8.01. The molecule has 0 bridgehead atoms. The average molecular weight is 783 g/mol. The predicted octanol–water partition coefficient (Wildman–Crippen LogP) is 4.66. The van der Waals surface area contributed by atoms with Crippen LogP contribution in [0.2, 0.25) is 0 Å². The highest BCUT2D eigenvalue weighted by Crippen LogP contribution is 2.43. The number of oxime groups is 1. The summed E-state index contributed by atoms with van der Waals surface area (Å²) in [5.41, 5.74) is 9.09. The van der Waals surface area contributed by atoms with Crippen LogP contribution in [0, 0.1) is 0 Å². The fourth-order valence-electron chi connectivity index (χ4n) is 6.02. The van der Waals surface area contributed by atoms with Crippen LogP contribution in [-0.2, 0) is 31.0 Å². The molecule has 2 aliphatic rings. The van der Waals surface area contributed by atoms with Crippen molar-refractivity contribution in [3.8, 4) is 17.1 Å². The number of nitrogens with one attached hydrogen (secondary N) is 1. The van der Waals surface area contributed by atoms with Crippen LogP contribution in [0.3, 0.4) is 0 Å². The number of hydrogen-bond donors (Lipinski definition) is 2. The zero-order valence-electron chi connectivity index (χ0n) is 29.2. The van der Waals surface area contributed by atoms with Gasteiger partial charge in [-0.1, -0.05) is 77.6 Å². The first kappa shape index (κ1) is 36.7. The Balaban J connectivity index is 1.18. The number of carbonyl (C=O) groups is 3. The third-order valence-corrected chi connectivity index (χ3v) is 11.8. The number of β-lactam (4-membered cyclic amide) rings is 1. The molecule has 276 valence electrons. The second kappa shape index (κ2) is 16.2. The summed E-state index contributed by atoms with van der Waals surface area (Å²) in [5.74, 6) is 0.282. The van der Waals surface area contributed by atoms with Gasteiger partial charge < -0.3 is 29.9 Å². The van der Waals surface area contributed by atoms with E-state index in [1.165, 1.54) is 35.5 Å². The number of nitrogen functional groups attached to an aromatic ring is 1. The van der Waals surface area contributed by atoms with Gasteiger partial charge in [-0.25, -0.2) is 9.78 Å². The zero-order valence-corrected chi connectivity index (χ0v) is 31.7. The van der Waals surface area contributed by atoms with Gasteiger partial charge in [-0.2, -0.15) is 0 Å². The number of esters is 1. The number of rotatable bonds is 13. The van der Waals surface area contributed by atoms with Gasteiger partial charge in [-0.3, -0.25) is 14.5 Å². The molecule has 4 heterocycles. The van der Waals surface area contributed by atoms with Crippen LogP contribution < -0.4 is 15.8 Å². The minimum atomic E-state index is -0.956. The lowest BCUT2D eigenvalue weighted by Crippen LogP contribution is -2.71. The molecule has 2 aliphatic heterocycles. The summed E-state index contributed by atoms with van der Waals surface area (Å²) in [5, 5.41) is 17.3. The number of benzene rings is 3. The molecule has 0 spiro atoms. The maximum Gasteiger partial charge on any atom is 0.356 e. The van der Waals surface area contributed by atoms with Crippen molar-refractivity contribution >= 4 is 63.5 Å². The van der Waals surface area contributed by atoms with E-state index < -0.39 is 35.3 Å². The largest absolute Gasteiger partial charge is 0.497 e. The van der Waals surface area contributed by atoms with E-state index in [0.717, 1.165) is 33.8 Å². The second-order valence-corrected chi connectivity index (χ2v) is 14.9. The molecule has 7 rings (SSSR count). The van der Waals surface area contributed by atoms with Crippen molar-refractivity contribution in [1.29, 1.82) is 0 Å². The lowest BCUT2D eigenvalue weighted by atomic mass is 10.0. The van der Waals surface area contributed by atoms with Crippen molar-refractivity contribution < 1.29 is 28.7 Å².